The summed E-state index contributed by atoms with van der Waals surface area (Å²) in [6.45, 7) is 4.37. The minimum absolute atomic E-state index is 0.266. The van der Waals surface area contributed by atoms with Gasteiger partial charge in [0.05, 0.1) is 0 Å². The molecule has 6 nitrogen and oxygen atoms in total. The van der Waals surface area contributed by atoms with Crippen LogP contribution >= 0.6 is 0 Å². The molecule has 0 aliphatic carbocycles. The molecule has 100 valence electrons. The Morgan fingerprint density at radius 2 is 1.67 bits per heavy atom. The zero-order valence-electron chi connectivity index (χ0n) is 10.5. The van der Waals surface area contributed by atoms with Crippen LogP contribution in [0, 0.1) is 11.8 Å². The van der Waals surface area contributed by atoms with Crippen molar-refractivity contribution >= 4 is 17.7 Å². The van der Waals surface area contributed by atoms with E-state index in [2.05, 4.69) is 5.32 Å². The number of rotatable bonds is 2. The first-order chi connectivity index (χ1) is 8.41. The SMILES string of the molecule is CC1(C)OC(=O)C(C(=O)C2CCNCC2)C(=O)O1. The monoisotopic (exact) mass is 255 g/mol. The first-order valence-electron chi connectivity index (χ1n) is 6.11. The maximum absolute atomic E-state index is 12.2. The molecule has 0 atom stereocenters. The van der Waals surface area contributed by atoms with E-state index in [1.807, 2.05) is 0 Å². The Kier molecular flexibility index (Phi) is 3.38. The fourth-order valence-corrected chi connectivity index (χ4v) is 2.29. The summed E-state index contributed by atoms with van der Waals surface area (Å²) >= 11 is 0. The van der Waals surface area contributed by atoms with E-state index in [1.165, 1.54) is 13.8 Å². The van der Waals surface area contributed by atoms with Crippen LogP contribution < -0.4 is 5.32 Å². The lowest BCUT2D eigenvalue weighted by molar-refractivity contribution is -0.238. The van der Waals surface area contributed by atoms with Gasteiger partial charge in [-0.15, -0.1) is 0 Å². The molecule has 0 aromatic rings. The summed E-state index contributed by atoms with van der Waals surface area (Å²) in [4.78, 5) is 35.6. The number of nitrogens with one attached hydrogen (secondary N) is 1. The fourth-order valence-electron chi connectivity index (χ4n) is 2.29. The maximum Gasteiger partial charge on any atom is 0.331 e. The number of esters is 2. The van der Waals surface area contributed by atoms with E-state index in [-0.39, 0.29) is 11.7 Å². The number of carbonyl (C=O) groups is 3. The van der Waals surface area contributed by atoms with Crippen LogP contribution in [0.3, 0.4) is 0 Å². The molecule has 0 saturated carbocycles. The van der Waals surface area contributed by atoms with Gasteiger partial charge >= 0.3 is 11.9 Å². The normalized spacial score (nSPS) is 25.4. The van der Waals surface area contributed by atoms with E-state index < -0.39 is 23.6 Å². The van der Waals surface area contributed by atoms with Crippen LogP contribution in [0.15, 0.2) is 0 Å². The Hall–Kier alpha value is -1.43. The highest BCUT2D eigenvalue weighted by atomic mass is 16.7. The lowest BCUT2D eigenvalue weighted by atomic mass is 9.86. The number of hydrogen-bond donors (Lipinski definition) is 1. The van der Waals surface area contributed by atoms with Crippen molar-refractivity contribution in [2.24, 2.45) is 11.8 Å². The number of cyclic esters (lactones) is 2. The molecule has 2 rings (SSSR count). The second kappa shape index (κ2) is 4.68. The highest BCUT2D eigenvalue weighted by molar-refractivity contribution is 6.16. The number of ketones is 1. The van der Waals surface area contributed by atoms with Crippen molar-refractivity contribution in [2.75, 3.05) is 13.1 Å². The first-order valence-corrected chi connectivity index (χ1v) is 6.11. The molecule has 0 bridgehead atoms. The summed E-state index contributed by atoms with van der Waals surface area (Å²) < 4.78 is 9.90. The number of ether oxygens (including phenoxy) is 2. The average Bonchev–Trinajstić information content (AvgIpc) is 2.27. The zero-order chi connectivity index (χ0) is 13.3. The van der Waals surface area contributed by atoms with Gasteiger partial charge in [0, 0.05) is 19.8 Å². The summed E-state index contributed by atoms with van der Waals surface area (Å²) in [6.07, 6.45) is 1.28. The summed E-state index contributed by atoms with van der Waals surface area (Å²) in [5.41, 5.74) is 0. The Balaban J connectivity index is 2.10. The topological polar surface area (TPSA) is 81.7 Å². The third-order valence-electron chi connectivity index (χ3n) is 3.19. The van der Waals surface area contributed by atoms with Crippen molar-refractivity contribution in [3.63, 3.8) is 0 Å². The molecule has 0 unspecified atom stereocenters. The summed E-state index contributed by atoms with van der Waals surface area (Å²) in [5, 5.41) is 3.12. The van der Waals surface area contributed by atoms with E-state index in [1.54, 1.807) is 0 Å². The third-order valence-corrected chi connectivity index (χ3v) is 3.19. The van der Waals surface area contributed by atoms with Crippen molar-refractivity contribution in [3.8, 4) is 0 Å². The highest BCUT2D eigenvalue weighted by Crippen LogP contribution is 2.27. The molecule has 0 aromatic heterocycles. The van der Waals surface area contributed by atoms with E-state index in [0.717, 1.165) is 13.1 Å². The van der Waals surface area contributed by atoms with Gasteiger partial charge in [0.2, 0.25) is 5.92 Å². The molecule has 0 spiro atoms. The van der Waals surface area contributed by atoms with E-state index in [0.29, 0.717) is 12.8 Å². The van der Waals surface area contributed by atoms with E-state index in [9.17, 15) is 14.4 Å². The van der Waals surface area contributed by atoms with Gasteiger partial charge in [-0.05, 0) is 25.9 Å². The van der Waals surface area contributed by atoms with Crippen molar-refractivity contribution in [1.82, 2.24) is 5.32 Å². The van der Waals surface area contributed by atoms with Gasteiger partial charge in [-0.1, -0.05) is 0 Å². The van der Waals surface area contributed by atoms with Crippen LogP contribution in [0.1, 0.15) is 26.7 Å². The van der Waals surface area contributed by atoms with Crippen LogP contribution in [-0.4, -0.2) is 36.6 Å². The molecule has 0 amide bonds. The zero-order valence-corrected chi connectivity index (χ0v) is 10.5. The van der Waals surface area contributed by atoms with Crippen LogP contribution in [0.5, 0.6) is 0 Å². The Morgan fingerprint density at radius 1 is 1.17 bits per heavy atom. The highest BCUT2D eigenvalue weighted by Gasteiger charge is 2.48. The summed E-state index contributed by atoms with van der Waals surface area (Å²) in [5.74, 6) is -4.90. The molecular weight excluding hydrogens is 238 g/mol. The minimum Gasteiger partial charge on any atom is -0.422 e. The average molecular weight is 255 g/mol. The third kappa shape index (κ3) is 2.53. The number of carbonyl (C=O) groups excluding carboxylic acids is 3. The summed E-state index contributed by atoms with van der Waals surface area (Å²) in [7, 11) is 0. The Morgan fingerprint density at radius 3 is 2.17 bits per heavy atom. The first kappa shape index (κ1) is 13.0. The quantitative estimate of drug-likeness (QED) is 0.553. The van der Waals surface area contributed by atoms with E-state index >= 15 is 0 Å². The van der Waals surface area contributed by atoms with Crippen molar-refractivity contribution in [3.05, 3.63) is 0 Å². The number of Topliss-reactive ketones (excluding diaryl/α,β-unsaturated/α-hetero) is 1. The number of piperidine rings is 1. The van der Waals surface area contributed by atoms with Crippen LogP contribution in [0.25, 0.3) is 0 Å². The van der Waals surface area contributed by atoms with Gasteiger partial charge in [0.25, 0.3) is 5.79 Å². The lowest BCUT2D eigenvalue weighted by Gasteiger charge is -2.33. The molecule has 6 heteroatoms. The smallest absolute Gasteiger partial charge is 0.331 e. The Labute approximate surface area is 105 Å². The largest absolute Gasteiger partial charge is 0.422 e. The molecular formula is C12H17NO5. The molecule has 18 heavy (non-hydrogen) atoms. The van der Waals surface area contributed by atoms with Crippen LogP contribution in [-0.2, 0) is 23.9 Å². The second-order valence-corrected chi connectivity index (χ2v) is 5.10. The minimum atomic E-state index is -1.40. The molecule has 1 N–H and O–H groups in total. The van der Waals surface area contributed by atoms with Gasteiger partial charge in [-0.3, -0.25) is 14.4 Å². The predicted octanol–water partition coefficient (Wildman–Crippen LogP) is 0.00740. The molecule has 0 radical (unpaired) electrons. The van der Waals surface area contributed by atoms with Crippen molar-refractivity contribution in [2.45, 2.75) is 32.5 Å². The Bertz CT molecular complexity index is 364. The molecule has 0 aromatic carbocycles. The maximum atomic E-state index is 12.2. The van der Waals surface area contributed by atoms with Gasteiger partial charge in [0.1, 0.15) is 0 Å². The van der Waals surface area contributed by atoms with E-state index in [4.69, 9.17) is 9.47 Å². The fraction of sp³-hybridized carbons (Fsp3) is 0.750. The van der Waals surface area contributed by atoms with Gasteiger partial charge in [-0.25, -0.2) is 0 Å². The van der Waals surface area contributed by atoms with Gasteiger partial charge in [0.15, 0.2) is 5.78 Å². The summed E-state index contributed by atoms with van der Waals surface area (Å²) in [6, 6.07) is 0. The molecule has 2 fully saturated rings. The molecule has 2 heterocycles. The van der Waals surface area contributed by atoms with Crippen LogP contribution in [0.2, 0.25) is 0 Å². The van der Waals surface area contributed by atoms with Crippen LogP contribution in [0.4, 0.5) is 0 Å². The number of hydrogen-bond acceptors (Lipinski definition) is 6. The van der Waals surface area contributed by atoms with Gasteiger partial charge in [-0.2, -0.15) is 0 Å². The second-order valence-electron chi connectivity index (χ2n) is 5.10. The molecule has 2 saturated heterocycles. The standard InChI is InChI=1S/C12H17NO5/c1-12(2)17-10(15)8(11(16)18-12)9(14)7-3-5-13-6-4-7/h7-8,13H,3-6H2,1-2H3. The van der Waals surface area contributed by atoms with Gasteiger partial charge < -0.3 is 14.8 Å². The van der Waals surface area contributed by atoms with Crippen molar-refractivity contribution < 1.29 is 23.9 Å². The molecule has 2 aliphatic rings. The lowest BCUT2D eigenvalue weighted by Crippen LogP contribution is -2.51. The molecule has 2 aliphatic heterocycles. The van der Waals surface area contributed by atoms with Crippen molar-refractivity contribution in [1.29, 1.82) is 0 Å². The predicted molar refractivity (Wildman–Crippen MR) is 60.4 cm³/mol.